The largest absolute Gasteiger partial charge is 0.454 e. The lowest BCUT2D eigenvalue weighted by Gasteiger charge is -2.22. The molecule has 3 rings (SSSR count). The smallest absolute Gasteiger partial charge is 0.329 e. The molecule has 1 aliphatic heterocycles. The lowest BCUT2D eigenvalue weighted by atomic mass is 9.81. The number of carbonyl (C=O) groups is 4. The van der Waals surface area contributed by atoms with Crippen molar-refractivity contribution < 1.29 is 23.9 Å². The first kappa shape index (κ1) is 19.8. The van der Waals surface area contributed by atoms with Crippen LogP contribution >= 0.6 is 0 Å². The van der Waals surface area contributed by atoms with E-state index in [0.717, 1.165) is 30.6 Å². The number of likely N-dealkylation sites (tertiary alicyclic amines) is 1. The molecule has 0 spiro atoms. The molecular weight excluding hydrogens is 348 g/mol. The van der Waals surface area contributed by atoms with Crippen LogP contribution in [0.3, 0.4) is 0 Å². The van der Waals surface area contributed by atoms with Crippen molar-refractivity contribution in [2.24, 2.45) is 17.8 Å². The fraction of sp³-hybridized carbons (Fsp3) is 0.800. The lowest BCUT2D eigenvalue weighted by molar-refractivity contribution is -0.159. The highest BCUT2D eigenvalue weighted by Gasteiger charge is 2.51. The van der Waals surface area contributed by atoms with Crippen LogP contribution in [0.1, 0.15) is 64.7 Å². The fourth-order valence-corrected chi connectivity index (χ4v) is 4.63. The van der Waals surface area contributed by atoms with Crippen molar-refractivity contribution in [3.05, 3.63) is 0 Å². The summed E-state index contributed by atoms with van der Waals surface area (Å²) < 4.78 is 5.07. The first-order valence-corrected chi connectivity index (χ1v) is 10.3. The first-order chi connectivity index (χ1) is 13.0. The summed E-state index contributed by atoms with van der Waals surface area (Å²) in [5, 5.41) is 2.81. The zero-order valence-corrected chi connectivity index (χ0v) is 16.1. The molecule has 0 bridgehead atoms. The van der Waals surface area contributed by atoms with E-state index < -0.39 is 12.0 Å². The summed E-state index contributed by atoms with van der Waals surface area (Å²) in [5.41, 5.74) is 0. The molecule has 3 atom stereocenters. The Bertz CT molecular complexity index is 575. The first-order valence-electron chi connectivity index (χ1n) is 10.3. The molecule has 3 fully saturated rings. The van der Waals surface area contributed by atoms with E-state index in [2.05, 4.69) is 5.32 Å². The number of hydrogen-bond donors (Lipinski definition) is 1. The van der Waals surface area contributed by atoms with Gasteiger partial charge >= 0.3 is 5.97 Å². The van der Waals surface area contributed by atoms with Crippen LogP contribution in [0.15, 0.2) is 0 Å². The molecule has 150 valence electrons. The second kappa shape index (κ2) is 8.85. The molecule has 1 saturated heterocycles. The third kappa shape index (κ3) is 4.50. The number of nitrogens with one attached hydrogen (secondary N) is 1. The Labute approximate surface area is 160 Å². The van der Waals surface area contributed by atoms with Gasteiger partial charge in [0.1, 0.15) is 6.04 Å². The van der Waals surface area contributed by atoms with E-state index in [4.69, 9.17) is 4.74 Å². The van der Waals surface area contributed by atoms with Gasteiger partial charge in [-0.2, -0.15) is 0 Å². The van der Waals surface area contributed by atoms with Crippen LogP contribution < -0.4 is 5.32 Å². The molecule has 7 heteroatoms. The molecular formula is C20H30N2O5. The number of esters is 1. The lowest BCUT2D eigenvalue weighted by Crippen LogP contribution is -2.45. The van der Waals surface area contributed by atoms with Gasteiger partial charge in [-0.3, -0.25) is 19.3 Å². The van der Waals surface area contributed by atoms with Crippen molar-refractivity contribution >= 4 is 23.7 Å². The Morgan fingerprint density at radius 1 is 1.00 bits per heavy atom. The molecule has 0 aromatic heterocycles. The summed E-state index contributed by atoms with van der Waals surface area (Å²) in [7, 11) is 0. The summed E-state index contributed by atoms with van der Waals surface area (Å²) in [6, 6.07) is -0.984. The van der Waals surface area contributed by atoms with E-state index in [-0.39, 0.29) is 36.2 Å². The minimum atomic E-state index is -0.984. The van der Waals surface area contributed by atoms with Crippen LogP contribution in [0.2, 0.25) is 0 Å². The highest BCUT2D eigenvalue weighted by atomic mass is 16.5. The number of nitrogens with zero attached hydrogens (tertiary/aromatic N) is 1. The molecule has 2 aliphatic carbocycles. The molecule has 0 aromatic rings. The molecule has 0 radical (unpaired) electrons. The van der Waals surface area contributed by atoms with Gasteiger partial charge in [-0.1, -0.05) is 32.1 Å². The zero-order valence-electron chi connectivity index (χ0n) is 16.1. The number of rotatable bonds is 6. The quantitative estimate of drug-likeness (QED) is 0.562. The second-order valence-electron chi connectivity index (χ2n) is 8.14. The Hall–Kier alpha value is -1.92. The van der Waals surface area contributed by atoms with Gasteiger partial charge in [-0.15, -0.1) is 0 Å². The van der Waals surface area contributed by atoms with Gasteiger partial charge in [-0.25, -0.2) is 4.79 Å². The number of hydrogen-bond acceptors (Lipinski definition) is 5. The van der Waals surface area contributed by atoms with E-state index in [9.17, 15) is 19.2 Å². The predicted molar refractivity (Wildman–Crippen MR) is 97.3 cm³/mol. The number of ether oxygens (including phenoxy) is 1. The third-order valence-corrected chi connectivity index (χ3v) is 6.26. The van der Waals surface area contributed by atoms with Crippen molar-refractivity contribution in [1.29, 1.82) is 0 Å². The van der Waals surface area contributed by atoms with E-state index in [1.165, 1.54) is 26.2 Å². The summed E-state index contributed by atoms with van der Waals surface area (Å²) in [6.07, 6.45) is 9.20. The zero-order chi connectivity index (χ0) is 19.4. The van der Waals surface area contributed by atoms with E-state index in [1.54, 1.807) is 0 Å². The molecule has 7 nitrogen and oxygen atoms in total. The van der Waals surface area contributed by atoms with Gasteiger partial charge in [0.25, 0.3) is 5.91 Å². The van der Waals surface area contributed by atoms with Crippen molar-refractivity contribution in [2.75, 3.05) is 13.2 Å². The number of imide groups is 1. The Kier molecular flexibility index (Phi) is 6.50. The third-order valence-electron chi connectivity index (χ3n) is 6.26. The maximum atomic E-state index is 12.5. The molecule has 1 N–H and O–H groups in total. The average molecular weight is 378 g/mol. The topological polar surface area (TPSA) is 92.8 Å². The van der Waals surface area contributed by atoms with Crippen LogP contribution in [0.5, 0.6) is 0 Å². The van der Waals surface area contributed by atoms with Gasteiger partial charge in [0.2, 0.25) is 11.8 Å². The molecule has 2 unspecified atom stereocenters. The van der Waals surface area contributed by atoms with E-state index >= 15 is 0 Å². The monoisotopic (exact) mass is 378 g/mol. The van der Waals surface area contributed by atoms with Crippen molar-refractivity contribution in [3.8, 4) is 0 Å². The standard InChI is InChI=1S/C20H30N2O5/c1-13(22-18(24)15-9-5-6-10-16(15)19(22)25)20(26)27-12-17(23)21-11-14-7-3-2-4-8-14/h13-16H,2-12H2,1H3,(H,21,23)/t13-,15?,16?/m0/s1. The molecule has 1 heterocycles. The maximum absolute atomic E-state index is 12.5. The Balaban J connectivity index is 1.45. The maximum Gasteiger partial charge on any atom is 0.329 e. The van der Waals surface area contributed by atoms with Gasteiger partial charge in [0, 0.05) is 6.54 Å². The molecule has 3 amide bonds. The number of amides is 3. The SMILES string of the molecule is C[C@@H](C(=O)OCC(=O)NCC1CCCCC1)N1C(=O)C2CCCCC2C1=O. The summed E-state index contributed by atoms with van der Waals surface area (Å²) in [6.45, 7) is 1.73. The van der Waals surface area contributed by atoms with Gasteiger partial charge in [-0.05, 0) is 38.5 Å². The van der Waals surface area contributed by atoms with Crippen molar-refractivity contribution in [3.63, 3.8) is 0 Å². The van der Waals surface area contributed by atoms with Crippen LogP contribution in [0.25, 0.3) is 0 Å². The number of fused-ring (bicyclic) bond motifs is 1. The van der Waals surface area contributed by atoms with Crippen LogP contribution in [-0.2, 0) is 23.9 Å². The van der Waals surface area contributed by atoms with E-state index in [0.29, 0.717) is 25.3 Å². The van der Waals surface area contributed by atoms with Crippen molar-refractivity contribution in [1.82, 2.24) is 10.2 Å². The summed E-state index contributed by atoms with van der Waals surface area (Å²) >= 11 is 0. The summed E-state index contributed by atoms with van der Waals surface area (Å²) in [5.74, 6) is -1.66. The number of carbonyl (C=O) groups excluding carboxylic acids is 4. The van der Waals surface area contributed by atoms with Crippen molar-refractivity contribution in [2.45, 2.75) is 70.8 Å². The van der Waals surface area contributed by atoms with Crippen LogP contribution in [0.4, 0.5) is 0 Å². The minimum Gasteiger partial charge on any atom is -0.454 e. The van der Waals surface area contributed by atoms with Gasteiger partial charge in [0.15, 0.2) is 6.61 Å². The van der Waals surface area contributed by atoms with Crippen LogP contribution in [-0.4, -0.2) is 47.8 Å². The molecule has 2 saturated carbocycles. The summed E-state index contributed by atoms with van der Waals surface area (Å²) in [4.78, 5) is 50.3. The highest BCUT2D eigenvalue weighted by molar-refractivity contribution is 6.07. The predicted octanol–water partition coefficient (Wildman–Crippen LogP) is 1.79. The van der Waals surface area contributed by atoms with E-state index in [1.807, 2.05) is 0 Å². The Morgan fingerprint density at radius 3 is 2.15 bits per heavy atom. The van der Waals surface area contributed by atoms with Gasteiger partial charge < -0.3 is 10.1 Å². The van der Waals surface area contributed by atoms with Gasteiger partial charge in [0.05, 0.1) is 11.8 Å². The molecule has 27 heavy (non-hydrogen) atoms. The highest BCUT2D eigenvalue weighted by Crippen LogP contribution is 2.38. The average Bonchev–Trinajstić information content (AvgIpc) is 2.95. The minimum absolute atomic E-state index is 0.268. The second-order valence-corrected chi connectivity index (χ2v) is 8.14. The molecule has 3 aliphatic rings. The molecule has 0 aromatic carbocycles. The fourth-order valence-electron chi connectivity index (χ4n) is 4.63. The normalized spacial score (nSPS) is 27.2. The Morgan fingerprint density at radius 2 is 1.56 bits per heavy atom. The van der Waals surface area contributed by atoms with Crippen LogP contribution in [0, 0.1) is 17.8 Å².